The summed E-state index contributed by atoms with van der Waals surface area (Å²) in [6.07, 6.45) is 0.193. The van der Waals surface area contributed by atoms with E-state index in [0.717, 1.165) is 14.5 Å². The molecule has 2 aromatic rings. The zero-order chi connectivity index (χ0) is 16.4. The Morgan fingerprint density at radius 3 is 2.74 bits per heavy atom. The van der Waals surface area contributed by atoms with E-state index >= 15 is 0 Å². The molecule has 0 radical (unpaired) electrons. The fourth-order valence-corrected chi connectivity index (χ4v) is 3.67. The fourth-order valence-electron chi connectivity index (χ4n) is 2.24. The van der Waals surface area contributed by atoms with Crippen molar-refractivity contribution in [3.05, 3.63) is 49.9 Å². The Morgan fingerprint density at radius 1 is 1.17 bits per heavy atom. The van der Waals surface area contributed by atoms with Crippen LogP contribution in [-0.2, 0) is 11.2 Å². The molecule has 23 heavy (non-hydrogen) atoms. The molecule has 0 aromatic heterocycles. The van der Waals surface area contributed by atoms with E-state index in [9.17, 15) is 4.79 Å². The molecule has 1 aliphatic rings. The number of benzene rings is 2. The number of nitrogens with one attached hydrogen (secondary N) is 1. The summed E-state index contributed by atoms with van der Waals surface area (Å²) in [6.45, 7) is 0.953. The molecule has 0 unspecified atom stereocenters. The predicted octanol–water partition coefficient (Wildman–Crippen LogP) is 4.82. The Labute approximate surface area is 155 Å². The molecule has 2 aromatic carbocycles. The third-order valence-corrected chi connectivity index (χ3v) is 4.66. The average molecular weight is 462 g/mol. The lowest BCUT2D eigenvalue weighted by molar-refractivity contribution is -0.115. The van der Waals surface area contributed by atoms with Gasteiger partial charge in [0, 0.05) is 8.95 Å². The van der Waals surface area contributed by atoms with Gasteiger partial charge in [-0.2, -0.15) is 0 Å². The van der Waals surface area contributed by atoms with Gasteiger partial charge in [-0.05, 0) is 51.8 Å². The molecule has 0 fully saturated rings. The molecule has 4 nitrogen and oxygen atoms in total. The maximum Gasteiger partial charge on any atom is 0.228 e. The lowest BCUT2D eigenvalue weighted by Gasteiger charge is -2.20. The normalized spacial score (nSPS) is 12.8. The van der Waals surface area contributed by atoms with Gasteiger partial charge in [0.05, 0.1) is 17.1 Å². The van der Waals surface area contributed by atoms with Crippen LogP contribution in [0.2, 0.25) is 5.02 Å². The van der Waals surface area contributed by atoms with Crippen LogP contribution in [0.3, 0.4) is 0 Å². The number of amides is 1. The molecule has 1 amide bonds. The molecule has 120 valence electrons. The predicted molar refractivity (Wildman–Crippen MR) is 96.6 cm³/mol. The summed E-state index contributed by atoms with van der Waals surface area (Å²) < 4.78 is 12.7. The van der Waals surface area contributed by atoms with Crippen molar-refractivity contribution < 1.29 is 14.3 Å². The van der Waals surface area contributed by atoms with E-state index in [2.05, 4.69) is 37.2 Å². The highest BCUT2D eigenvalue weighted by Gasteiger charge is 2.18. The first-order valence-corrected chi connectivity index (χ1v) is 8.82. The van der Waals surface area contributed by atoms with Gasteiger partial charge >= 0.3 is 0 Å². The minimum atomic E-state index is -0.138. The fraction of sp³-hybridized carbons (Fsp3) is 0.188. The Morgan fingerprint density at radius 2 is 1.96 bits per heavy atom. The number of carbonyl (C=O) groups excluding carboxylic acids is 1. The lowest BCUT2D eigenvalue weighted by atomic mass is 10.1. The highest BCUT2D eigenvalue weighted by Crippen LogP contribution is 2.38. The van der Waals surface area contributed by atoms with Crippen LogP contribution in [0.4, 0.5) is 5.69 Å². The zero-order valence-electron chi connectivity index (χ0n) is 11.9. The van der Waals surface area contributed by atoms with Crippen LogP contribution in [-0.4, -0.2) is 19.1 Å². The molecule has 0 atom stereocenters. The SMILES string of the molecule is O=C(Cc1cc(Cl)c2c(c1)OCCO2)Nc1ccc(Br)cc1Br. The van der Waals surface area contributed by atoms with E-state index in [0.29, 0.717) is 35.4 Å². The molecule has 0 spiro atoms. The van der Waals surface area contributed by atoms with Crippen LogP contribution in [0.5, 0.6) is 11.5 Å². The summed E-state index contributed by atoms with van der Waals surface area (Å²) >= 11 is 13.0. The number of carbonyl (C=O) groups is 1. The topological polar surface area (TPSA) is 47.6 Å². The van der Waals surface area contributed by atoms with Crippen molar-refractivity contribution in [3.8, 4) is 11.5 Å². The summed E-state index contributed by atoms with van der Waals surface area (Å²) in [5.41, 5.74) is 1.48. The van der Waals surface area contributed by atoms with E-state index in [4.69, 9.17) is 21.1 Å². The van der Waals surface area contributed by atoms with Crippen LogP contribution in [0.25, 0.3) is 0 Å². The van der Waals surface area contributed by atoms with Gasteiger partial charge in [0.1, 0.15) is 13.2 Å². The summed E-state index contributed by atoms with van der Waals surface area (Å²) in [4.78, 5) is 12.2. The van der Waals surface area contributed by atoms with Crippen LogP contribution in [0, 0.1) is 0 Å². The molecule has 1 heterocycles. The van der Waals surface area contributed by atoms with E-state index in [1.165, 1.54) is 0 Å². The third kappa shape index (κ3) is 4.00. The number of hydrogen-bond acceptors (Lipinski definition) is 3. The highest BCUT2D eigenvalue weighted by atomic mass is 79.9. The Hall–Kier alpha value is -1.24. The number of rotatable bonds is 3. The molecule has 1 N–H and O–H groups in total. The summed E-state index contributed by atoms with van der Waals surface area (Å²) in [6, 6.07) is 9.07. The molecule has 0 saturated carbocycles. The van der Waals surface area contributed by atoms with Crippen LogP contribution in [0.15, 0.2) is 39.3 Å². The first-order chi connectivity index (χ1) is 11.0. The molecular weight excluding hydrogens is 449 g/mol. The number of anilines is 1. The van der Waals surface area contributed by atoms with E-state index in [-0.39, 0.29) is 12.3 Å². The van der Waals surface area contributed by atoms with Crippen LogP contribution >= 0.6 is 43.5 Å². The van der Waals surface area contributed by atoms with Gasteiger partial charge in [0.15, 0.2) is 11.5 Å². The van der Waals surface area contributed by atoms with Gasteiger partial charge in [-0.3, -0.25) is 4.79 Å². The minimum absolute atomic E-state index is 0.138. The van der Waals surface area contributed by atoms with Crippen molar-refractivity contribution in [2.75, 3.05) is 18.5 Å². The quantitative estimate of drug-likeness (QED) is 0.713. The number of ether oxygens (including phenoxy) is 2. The highest BCUT2D eigenvalue weighted by molar-refractivity contribution is 9.11. The van der Waals surface area contributed by atoms with Crippen LogP contribution in [0.1, 0.15) is 5.56 Å². The van der Waals surface area contributed by atoms with Crippen molar-refractivity contribution >= 4 is 55.1 Å². The second-order valence-corrected chi connectivity index (χ2v) is 7.13. The molecule has 7 heteroatoms. The summed E-state index contributed by atoms with van der Waals surface area (Å²) in [5.74, 6) is 0.981. The van der Waals surface area contributed by atoms with Gasteiger partial charge in [-0.1, -0.05) is 27.5 Å². The monoisotopic (exact) mass is 459 g/mol. The molecule has 3 rings (SSSR count). The van der Waals surface area contributed by atoms with Gasteiger partial charge in [-0.15, -0.1) is 0 Å². The van der Waals surface area contributed by atoms with Crippen molar-refractivity contribution in [1.82, 2.24) is 0 Å². The number of halogens is 3. The maximum absolute atomic E-state index is 12.2. The van der Waals surface area contributed by atoms with E-state index in [1.54, 1.807) is 12.1 Å². The van der Waals surface area contributed by atoms with Crippen molar-refractivity contribution in [1.29, 1.82) is 0 Å². The van der Waals surface area contributed by atoms with Gasteiger partial charge in [0.2, 0.25) is 5.91 Å². The Kier molecular flexibility index (Phi) is 5.14. The van der Waals surface area contributed by atoms with Crippen molar-refractivity contribution in [2.45, 2.75) is 6.42 Å². The maximum atomic E-state index is 12.2. The second kappa shape index (κ2) is 7.11. The smallest absolute Gasteiger partial charge is 0.228 e. The third-order valence-electron chi connectivity index (χ3n) is 3.23. The molecule has 0 aliphatic carbocycles. The van der Waals surface area contributed by atoms with Gasteiger partial charge < -0.3 is 14.8 Å². The molecule has 0 bridgehead atoms. The Bertz CT molecular complexity index is 767. The second-order valence-electron chi connectivity index (χ2n) is 4.95. The molecule has 1 aliphatic heterocycles. The number of hydrogen-bond donors (Lipinski definition) is 1. The van der Waals surface area contributed by atoms with Gasteiger partial charge in [-0.25, -0.2) is 0 Å². The average Bonchev–Trinajstić information content (AvgIpc) is 2.50. The molecular formula is C16H12Br2ClNO3. The van der Waals surface area contributed by atoms with E-state index < -0.39 is 0 Å². The van der Waals surface area contributed by atoms with E-state index in [1.807, 2.05) is 18.2 Å². The summed E-state index contributed by atoms with van der Waals surface area (Å²) in [5, 5.41) is 3.32. The first kappa shape index (κ1) is 16.6. The van der Waals surface area contributed by atoms with Crippen molar-refractivity contribution in [3.63, 3.8) is 0 Å². The summed E-state index contributed by atoms with van der Waals surface area (Å²) in [7, 11) is 0. The standard InChI is InChI=1S/C16H12Br2ClNO3/c17-10-1-2-13(11(18)8-10)20-15(21)7-9-5-12(19)16-14(6-9)22-3-4-23-16/h1-2,5-6,8H,3-4,7H2,(H,20,21). The first-order valence-electron chi connectivity index (χ1n) is 6.86. The van der Waals surface area contributed by atoms with Crippen LogP contribution < -0.4 is 14.8 Å². The van der Waals surface area contributed by atoms with Crippen molar-refractivity contribution in [2.24, 2.45) is 0 Å². The minimum Gasteiger partial charge on any atom is -0.486 e. The largest absolute Gasteiger partial charge is 0.486 e. The lowest BCUT2D eigenvalue weighted by Crippen LogP contribution is -2.17. The van der Waals surface area contributed by atoms with Gasteiger partial charge in [0.25, 0.3) is 0 Å². The Balaban J connectivity index is 1.74. The zero-order valence-corrected chi connectivity index (χ0v) is 15.8. The number of fused-ring (bicyclic) bond motifs is 1. The molecule has 0 saturated heterocycles.